The molecule has 0 aliphatic carbocycles. The van der Waals surface area contributed by atoms with Crippen molar-refractivity contribution in [1.82, 2.24) is 0 Å². The number of carbonyl (C=O) groups is 1. The van der Waals surface area contributed by atoms with Crippen LogP contribution in [0.3, 0.4) is 0 Å². The van der Waals surface area contributed by atoms with Crippen molar-refractivity contribution in [2.24, 2.45) is 10.9 Å². The molecular weight excluding hydrogens is 391 g/mol. The van der Waals surface area contributed by atoms with Crippen LogP contribution < -0.4 is 4.90 Å². The summed E-state index contributed by atoms with van der Waals surface area (Å²) in [5.41, 5.74) is 0.619. The van der Waals surface area contributed by atoms with Gasteiger partial charge in [-0.3, -0.25) is 4.79 Å². The second kappa shape index (κ2) is 6.52. The summed E-state index contributed by atoms with van der Waals surface area (Å²) in [4.78, 5) is 18.0. The number of thioether (sulfide) groups is 1. The Labute approximate surface area is 155 Å². The third-order valence-corrected chi connectivity index (χ3v) is 7.68. The van der Waals surface area contributed by atoms with Gasteiger partial charge in [-0.1, -0.05) is 48.8 Å². The summed E-state index contributed by atoms with van der Waals surface area (Å²) in [6.45, 7) is 3.55. The van der Waals surface area contributed by atoms with Crippen LogP contribution in [0.15, 0.2) is 23.2 Å². The molecule has 2 aliphatic heterocycles. The molecule has 1 aromatic rings. The minimum Gasteiger partial charge on any atom is -0.314 e. The smallest absolute Gasteiger partial charge is 0.250 e. The molecule has 0 spiro atoms. The van der Waals surface area contributed by atoms with Gasteiger partial charge in [-0.2, -0.15) is 4.99 Å². The number of fused-ring (bicyclic) bond motifs is 1. The van der Waals surface area contributed by atoms with Crippen LogP contribution in [0.4, 0.5) is 5.69 Å². The highest BCUT2D eigenvalue weighted by Gasteiger charge is 2.49. The van der Waals surface area contributed by atoms with Gasteiger partial charge in [-0.25, -0.2) is 8.42 Å². The summed E-state index contributed by atoms with van der Waals surface area (Å²) in [6.07, 6.45) is 0. The van der Waals surface area contributed by atoms with Gasteiger partial charge in [0.2, 0.25) is 0 Å². The van der Waals surface area contributed by atoms with Gasteiger partial charge in [0.25, 0.3) is 5.91 Å². The Morgan fingerprint density at radius 1 is 1.33 bits per heavy atom. The lowest BCUT2D eigenvalue weighted by Gasteiger charge is -2.25. The summed E-state index contributed by atoms with van der Waals surface area (Å²) >= 11 is 13.6. The third kappa shape index (κ3) is 3.45. The first-order valence-corrected chi connectivity index (χ1v) is 10.9. The third-order valence-electron chi connectivity index (χ3n) is 3.94. The van der Waals surface area contributed by atoms with Crippen LogP contribution >= 0.6 is 35.0 Å². The van der Waals surface area contributed by atoms with Crippen molar-refractivity contribution in [2.75, 3.05) is 16.4 Å². The largest absolute Gasteiger partial charge is 0.314 e. The molecule has 130 valence electrons. The highest BCUT2D eigenvalue weighted by molar-refractivity contribution is 8.16. The van der Waals surface area contributed by atoms with E-state index in [1.807, 2.05) is 0 Å². The quantitative estimate of drug-likeness (QED) is 0.753. The zero-order valence-electron chi connectivity index (χ0n) is 13.1. The van der Waals surface area contributed by atoms with E-state index in [0.717, 1.165) is 0 Å². The standard InChI is InChI=1S/C15H16Cl2N2O3S2/c1-8(2)14(20)18-15-19(11-4-3-9(16)5-10(11)17)12-6-24(21,22)7-13(12)23-15/h3-5,8,12-13H,6-7H2,1-2H3/t12-,13-/m0/s1. The average molecular weight is 407 g/mol. The minimum atomic E-state index is -3.11. The van der Waals surface area contributed by atoms with Crippen molar-refractivity contribution in [1.29, 1.82) is 0 Å². The highest BCUT2D eigenvalue weighted by atomic mass is 35.5. The number of hydrogen-bond acceptors (Lipinski definition) is 4. The molecule has 3 rings (SSSR count). The highest BCUT2D eigenvalue weighted by Crippen LogP contribution is 2.43. The molecule has 0 unspecified atom stereocenters. The molecule has 2 atom stereocenters. The molecule has 1 amide bonds. The number of halogens is 2. The van der Waals surface area contributed by atoms with Crippen molar-refractivity contribution < 1.29 is 13.2 Å². The van der Waals surface area contributed by atoms with Gasteiger partial charge in [-0.05, 0) is 18.2 Å². The van der Waals surface area contributed by atoms with Crippen molar-refractivity contribution in [2.45, 2.75) is 25.1 Å². The van der Waals surface area contributed by atoms with Crippen LogP contribution in [0.25, 0.3) is 0 Å². The molecule has 2 aliphatic rings. The molecule has 1 aromatic carbocycles. The number of benzene rings is 1. The first-order chi connectivity index (χ1) is 11.2. The predicted octanol–water partition coefficient (Wildman–Crippen LogP) is 3.25. The molecule has 2 fully saturated rings. The van der Waals surface area contributed by atoms with Gasteiger partial charge in [0.15, 0.2) is 15.0 Å². The van der Waals surface area contributed by atoms with Gasteiger partial charge in [-0.15, -0.1) is 0 Å². The lowest BCUT2D eigenvalue weighted by Crippen LogP contribution is -2.38. The van der Waals surface area contributed by atoms with Crippen molar-refractivity contribution in [3.8, 4) is 0 Å². The number of anilines is 1. The van der Waals surface area contributed by atoms with E-state index in [1.54, 1.807) is 36.9 Å². The first kappa shape index (κ1) is 18.0. The number of amidine groups is 1. The van der Waals surface area contributed by atoms with E-state index >= 15 is 0 Å². The molecule has 0 saturated carbocycles. The van der Waals surface area contributed by atoms with Gasteiger partial charge in [0.1, 0.15) is 0 Å². The number of aliphatic imine (C=N–C) groups is 1. The number of amides is 1. The number of carbonyl (C=O) groups excluding carboxylic acids is 1. The van der Waals surface area contributed by atoms with Crippen molar-refractivity contribution in [3.05, 3.63) is 28.2 Å². The SMILES string of the molecule is CC(C)C(=O)N=C1S[C@H]2CS(=O)(=O)C[C@@H]2N1c1ccc(Cl)cc1Cl. The Morgan fingerprint density at radius 3 is 2.67 bits per heavy atom. The van der Waals surface area contributed by atoms with E-state index in [-0.39, 0.29) is 34.6 Å². The van der Waals surface area contributed by atoms with Gasteiger partial charge in [0.05, 0.1) is 28.3 Å². The van der Waals surface area contributed by atoms with E-state index in [4.69, 9.17) is 23.2 Å². The summed E-state index contributed by atoms with van der Waals surface area (Å²) in [5.74, 6) is -0.363. The topological polar surface area (TPSA) is 66.8 Å². The van der Waals surface area contributed by atoms with Crippen LogP contribution in [-0.2, 0) is 14.6 Å². The Kier molecular flexibility index (Phi) is 4.90. The summed E-state index contributed by atoms with van der Waals surface area (Å²) in [6, 6.07) is 4.74. The van der Waals surface area contributed by atoms with Crippen LogP contribution in [0.5, 0.6) is 0 Å². The van der Waals surface area contributed by atoms with E-state index in [1.165, 1.54) is 11.8 Å². The maximum absolute atomic E-state index is 12.1. The van der Waals surface area contributed by atoms with Gasteiger partial charge >= 0.3 is 0 Å². The second-order valence-electron chi connectivity index (χ2n) is 6.15. The number of rotatable bonds is 2. The molecule has 0 N–H and O–H groups in total. The van der Waals surface area contributed by atoms with E-state index in [9.17, 15) is 13.2 Å². The van der Waals surface area contributed by atoms with E-state index in [2.05, 4.69) is 4.99 Å². The Balaban J connectivity index is 2.06. The molecule has 2 saturated heterocycles. The fraction of sp³-hybridized carbons (Fsp3) is 0.467. The zero-order chi connectivity index (χ0) is 17.6. The lowest BCUT2D eigenvalue weighted by atomic mass is 10.2. The predicted molar refractivity (Wildman–Crippen MR) is 100 cm³/mol. The molecule has 0 aromatic heterocycles. The van der Waals surface area contributed by atoms with Crippen molar-refractivity contribution in [3.63, 3.8) is 0 Å². The first-order valence-electron chi connectivity index (χ1n) is 7.42. The van der Waals surface area contributed by atoms with Crippen LogP contribution in [0.2, 0.25) is 10.0 Å². The normalized spacial score (nSPS) is 27.0. The van der Waals surface area contributed by atoms with E-state index in [0.29, 0.717) is 20.9 Å². The fourth-order valence-corrected chi connectivity index (χ4v) is 7.16. The fourth-order valence-electron chi connectivity index (χ4n) is 2.75. The Bertz CT molecular complexity index is 824. The van der Waals surface area contributed by atoms with Crippen molar-refractivity contribution >= 4 is 61.6 Å². The zero-order valence-corrected chi connectivity index (χ0v) is 16.2. The molecular formula is C15H16Cl2N2O3S2. The number of hydrogen-bond donors (Lipinski definition) is 0. The minimum absolute atomic E-state index is 0.0263. The maximum Gasteiger partial charge on any atom is 0.250 e. The van der Waals surface area contributed by atoms with Gasteiger partial charge in [0, 0.05) is 16.2 Å². The average Bonchev–Trinajstić information content (AvgIpc) is 2.91. The van der Waals surface area contributed by atoms with Crippen LogP contribution in [0.1, 0.15) is 13.8 Å². The second-order valence-corrected chi connectivity index (χ2v) is 10.4. The number of sulfone groups is 1. The monoisotopic (exact) mass is 406 g/mol. The number of nitrogens with zero attached hydrogens (tertiary/aromatic N) is 2. The Morgan fingerprint density at radius 2 is 2.04 bits per heavy atom. The molecule has 2 heterocycles. The summed E-state index contributed by atoms with van der Waals surface area (Å²) in [5, 5.41) is 1.24. The molecule has 9 heteroatoms. The molecule has 5 nitrogen and oxygen atoms in total. The van der Waals surface area contributed by atoms with Crippen LogP contribution in [0, 0.1) is 5.92 Å². The van der Waals surface area contributed by atoms with E-state index < -0.39 is 9.84 Å². The molecule has 24 heavy (non-hydrogen) atoms. The molecule has 0 radical (unpaired) electrons. The van der Waals surface area contributed by atoms with Crippen LogP contribution in [-0.4, -0.2) is 42.3 Å². The summed E-state index contributed by atoms with van der Waals surface area (Å²) < 4.78 is 24.0. The Hall–Kier alpha value is -0.760. The summed E-state index contributed by atoms with van der Waals surface area (Å²) in [7, 11) is -3.11. The maximum atomic E-state index is 12.1. The molecule has 0 bridgehead atoms. The lowest BCUT2D eigenvalue weighted by molar-refractivity contribution is -0.120. The van der Waals surface area contributed by atoms with Gasteiger partial charge < -0.3 is 4.90 Å².